The molecule has 0 fully saturated rings. The van der Waals surface area contributed by atoms with E-state index in [1.165, 1.54) is 0 Å². The first-order valence-corrected chi connectivity index (χ1v) is 11.8. The van der Waals surface area contributed by atoms with Crippen molar-refractivity contribution in [1.29, 1.82) is 0 Å². The molecular weight excluding hydrogens is 294 g/mol. The van der Waals surface area contributed by atoms with Crippen LogP contribution in [-0.2, 0) is 13.4 Å². The van der Waals surface area contributed by atoms with Crippen LogP contribution < -0.4 is 9.75 Å². The van der Waals surface area contributed by atoms with Gasteiger partial charge in [-0.25, -0.2) is 4.57 Å². The van der Waals surface area contributed by atoms with Gasteiger partial charge in [0.25, 0.3) is 0 Å². The van der Waals surface area contributed by atoms with Crippen molar-refractivity contribution in [3.05, 3.63) is 47.6 Å². The van der Waals surface area contributed by atoms with Gasteiger partial charge in [0.2, 0.25) is 5.69 Å². The Morgan fingerprint density at radius 1 is 1.17 bits per heavy atom. The lowest BCUT2D eigenvalue weighted by Gasteiger charge is -2.19. The molecule has 1 aromatic heterocycles. The van der Waals surface area contributed by atoms with Gasteiger partial charge in [-0.2, -0.15) is 0 Å². The molecule has 0 saturated carbocycles. The molecule has 0 saturated heterocycles. The molecule has 0 amide bonds. The van der Waals surface area contributed by atoms with Crippen molar-refractivity contribution in [2.24, 2.45) is 12.5 Å². The maximum absolute atomic E-state index is 8.50. The predicted molar refractivity (Wildman–Crippen MR) is 104 cm³/mol. The third kappa shape index (κ3) is 4.54. The molecule has 0 spiro atoms. The average Bonchev–Trinajstić information content (AvgIpc) is 2.47. The third-order valence-corrected chi connectivity index (χ3v) is 5.79. The molecule has 0 aliphatic heterocycles. The number of hydrogen-bond acceptors (Lipinski definition) is 0. The fourth-order valence-corrected chi connectivity index (χ4v) is 3.77. The van der Waals surface area contributed by atoms with E-state index in [1.807, 2.05) is 59.0 Å². The highest BCUT2D eigenvalue weighted by Gasteiger charge is 2.22. The van der Waals surface area contributed by atoms with E-state index in [4.69, 9.17) is 4.11 Å². The number of aromatic nitrogens is 1. The summed E-state index contributed by atoms with van der Waals surface area (Å²) in [5, 5.41) is 1.15. The Morgan fingerprint density at radius 3 is 2.35 bits per heavy atom. The summed E-state index contributed by atoms with van der Waals surface area (Å²) >= 11 is 0. The molecule has 0 N–H and O–H groups in total. The van der Waals surface area contributed by atoms with Gasteiger partial charge in [0.15, 0.2) is 6.20 Å². The third-order valence-electron chi connectivity index (χ3n) is 3.90. The maximum atomic E-state index is 8.50. The molecule has 2 rings (SSSR count). The Labute approximate surface area is 147 Å². The molecule has 0 bridgehead atoms. The zero-order valence-electron chi connectivity index (χ0n) is 18.8. The summed E-state index contributed by atoms with van der Waals surface area (Å²) in [7, 11) is 0.468. The maximum Gasteiger partial charge on any atom is 0.212 e. The average molecular weight is 330 g/mol. The van der Waals surface area contributed by atoms with Crippen LogP contribution >= 0.6 is 0 Å². The normalized spacial score (nSPS) is 15.0. The molecular formula is C21H32NSi+. The van der Waals surface area contributed by atoms with Crippen molar-refractivity contribution in [2.45, 2.75) is 53.7 Å². The van der Waals surface area contributed by atoms with E-state index < -0.39 is 19.9 Å². The first-order chi connectivity index (χ1) is 11.7. The summed E-state index contributed by atoms with van der Waals surface area (Å²) in [5.41, 5.74) is 3.32. The van der Waals surface area contributed by atoms with Crippen LogP contribution in [0.15, 0.2) is 36.5 Å². The van der Waals surface area contributed by atoms with Gasteiger partial charge in [-0.15, -0.1) is 0 Å². The largest absolute Gasteiger partial charge is 0.212 e. The van der Waals surface area contributed by atoms with Crippen molar-refractivity contribution in [3.8, 4) is 11.3 Å². The summed E-state index contributed by atoms with van der Waals surface area (Å²) in [6.45, 7) is 14.6. The van der Waals surface area contributed by atoms with Crippen molar-refractivity contribution < 1.29 is 8.68 Å². The lowest BCUT2D eigenvalue weighted by Crippen LogP contribution is -2.44. The fraction of sp³-hybridized carbons (Fsp3) is 0.476. The second-order valence-electron chi connectivity index (χ2n) is 8.48. The summed E-state index contributed by atoms with van der Waals surface area (Å²) < 4.78 is 27.6. The quantitative estimate of drug-likeness (QED) is 0.571. The van der Waals surface area contributed by atoms with E-state index in [-0.39, 0.29) is 0 Å². The number of rotatable bonds is 3. The zero-order valence-corrected chi connectivity index (χ0v) is 16.8. The van der Waals surface area contributed by atoms with Crippen molar-refractivity contribution in [3.63, 3.8) is 0 Å². The van der Waals surface area contributed by atoms with E-state index in [9.17, 15) is 0 Å². The Kier molecular flexibility index (Phi) is 3.79. The summed E-state index contributed by atoms with van der Waals surface area (Å²) in [6.07, 6.45) is 0.701. The van der Waals surface area contributed by atoms with Gasteiger partial charge in [0.1, 0.15) is 7.05 Å². The van der Waals surface area contributed by atoms with Gasteiger partial charge in [0, 0.05) is 19.6 Å². The standard InChI is InChI=1S/C21H32NSi/c1-16-13-17(14-21(2,3)4)9-11-19(16)20-12-10-18(15-22(20)5)23(6,7)8/h9-13,15H,14H2,1-8H3/q+1/i10D,14D2. The van der Waals surface area contributed by atoms with Gasteiger partial charge >= 0.3 is 0 Å². The number of nitrogens with zero attached hydrogens (tertiary/aromatic N) is 1. The molecule has 2 heteroatoms. The highest BCUT2D eigenvalue weighted by Crippen LogP contribution is 2.25. The Hall–Kier alpha value is -1.41. The summed E-state index contributed by atoms with van der Waals surface area (Å²) in [6, 6.07) is 8.40. The van der Waals surface area contributed by atoms with Crippen LogP contribution in [0.25, 0.3) is 11.3 Å². The highest BCUT2D eigenvalue weighted by atomic mass is 28.3. The smallest absolute Gasteiger partial charge is 0.201 e. The molecule has 0 aliphatic rings. The Bertz CT molecular complexity index is 830. The van der Waals surface area contributed by atoms with Gasteiger partial charge in [0.05, 0.1) is 9.44 Å². The van der Waals surface area contributed by atoms with Crippen molar-refractivity contribution >= 4 is 13.3 Å². The minimum atomic E-state index is -1.56. The summed E-state index contributed by atoms with van der Waals surface area (Å²) in [5.74, 6) is 0. The number of aryl methyl sites for hydroxylation is 2. The molecule has 0 radical (unpaired) electrons. The second kappa shape index (κ2) is 6.24. The lowest BCUT2D eigenvalue weighted by atomic mass is 9.87. The molecule has 1 heterocycles. The van der Waals surface area contributed by atoms with E-state index >= 15 is 0 Å². The number of hydrogen-bond donors (Lipinski definition) is 0. The number of pyridine rings is 1. The van der Waals surface area contributed by atoms with E-state index in [0.29, 0.717) is 11.6 Å². The first-order valence-electron chi connectivity index (χ1n) is 9.78. The van der Waals surface area contributed by atoms with Gasteiger partial charge in [-0.3, -0.25) is 0 Å². The van der Waals surface area contributed by atoms with Crippen LogP contribution in [0.5, 0.6) is 0 Å². The van der Waals surface area contributed by atoms with Gasteiger partial charge < -0.3 is 0 Å². The number of benzene rings is 1. The van der Waals surface area contributed by atoms with Gasteiger partial charge in [-0.1, -0.05) is 58.6 Å². The SMILES string of the molecule is [2H]c1cc(-c2ccc(C([2H])([2H])C(C)(C)C)cc2C)[n+](C)cc1[Si](C)(C)C. The van der Waals surface area contributed by atoms with Crippen LogP contribution in [0.3, 0.4) is 0 Å². The van der Waals surface area contributed by atoms with E-state index in [0.717, 1.165) is 22.0 Å². The molecule has 2 aromatic rings. The zero-order chi connectivity index (χ0) is 20.1. The van der Waals surface area contributed by atoms with Gasteiger partial charge in [-0.05, 0) is 35.9 Å². The minimum Gasteiger partial charge on any atom is -0.201 e. The van der Waals surface area contributed by atoms with Crippen molar-refractivity contribution in [1.82, 2.24) is 0 Å². The van der Waals surface area contributed by atoms with Crippen LogP contribution in [-0.4, -0.2) is 8.07 Å². The fourth-order valence-electron chi connectivity index (χ4n) is 2.69. The second-order valence-corrected chi connectivity index (χ2v) is 13.5. The first kappa shape index (κ1) is 14.0. The van der Waals surface area contributed by atoms with Crippen LogP contribution in [0.1, 0.15) is 36.0 Å². The molecule has 0 aliphatic carbocycles. The van der Waals surface area contributed by atoms with Crippen molar-refractivity contribution in [2.75, 3.05) is 0 Å². The molecule has 1 nitrogen and oxygen atoms in total. The Balaban J connectivity index is 2.57. The molecule has 0 atom stereocenters. The molecule has 124 valence electrons. The molecule has 0 unspecified atom stereocenters. The Morgan fingerprint density at radius 2 is 1.83 bits per heavy atom. The molecule has 1 aromatic carbocycles. The molecule has 23 heavy (non-hydrogen) atoms. The topological polar surface area (TPSA) is 3.88 Å². The van der Waals surface area contributed by atoms with Crippen LogP contribution in [0.2, 0.25) is 19.6 Å². The lowest BCUT2D eigenvalue weighted by molar-refractivity contribution is -0.659. The predicted octanol–water partition coefficient (Wildman–Crippen LogP) is 4.62. The van der Waals surface area contributed by atoms with E-state index in [2.05, 4.69) is 30.4 Å². The monoisotopic (exact) mass is 329 g/mol. The highest BCUT2D eigenvalue weighted by molar-refractivity contribution is 6.88. The summed E-state index contributed by atoms with van der Waals surface area (Å²) in [4.78, 5) is 0. The van der Waals surface area contributed by atoms with Crippen LogP contribution in [0.4, 0.5) is 0 Å². The minimum absolute atomic E-state index is 0.473. The van der Waals surface area contributed by atoms with E-state index in [1.54, 1.807) is 0 Å². The van der Waals surface area contributed by atoms with Crippen LogP contribution in [0, 0.1) is 12.3 Å².